The third-order valence-corrected chi connectivity index (χ3v) is 0. The van der Waals surface area contributed by atoms with Crippen molar-refractivity contribution in [2.24, 2.45) is 0 Å². The molecule has 0 aliphatic rings. The van der Waals surface area contributed by atoms with Gasteiger partial charge in [-0.05, 0) is 0 Å². The SMILES string of the molecule is O=[S-](O)=S.[Ag+].[H-].[Na+]. The zero-order valence-electron chi connectivity index (χ0n) is 3.97. The first-order valence-corrected chi connectivity index (χ1v) is 2.55. The first kappa shape index (κ1) is 15.7. The average molecular weight is 229 g/mol. The Labute approximate surface area is 81.9 Å². The quantitative estimate of drug-likeness (QED) is 0.273. The molecule has 6 heteroatoms. The molecule has 38 valence electrons. The Morgan fingerprint density at radius 1 is 1.83 bits per heavy atom. The van der Waals surface area contributed by atoms with Crippen LogP contribution in [0.3, 0.4) is 0 Å². The molecule has 0 aromatic heterocycles. The summed E-state index contributed by atoms with van der Waals surface area (Å²) >= 11 is 3.65. The van der Waals surface area contributed by atoms with E-state index in [0.717, 1.165) is 0 Å². The van der Waals surface area contributed by atoms with E-state index in [-0.39, 0.29) is 53.4 Å². The van der Waals surface area contributed by atoms with Gasteiger partial charge in [0.25, 0.3) is 0 Å². The second kappa shape index (κ2) is 10.1. The van der Waals surface area contributed by atoms with E-state index in [1.807, 2.05) is 0 Å². The zero-order chi connectivity index (χ0) is 3.58. The first-order chi connectivity index (χ1) is 1.73. The smallest absolute Gasteiger partial charge is 1.00 e. The van der Waals surface area contributed by atoms with Crippen molar-refractivity contribution in [3.63, 3.8) is 0 Å². The molecule has 0 aromatic carbocycles. The normalized spacial score (nSPS) is 5.67. The third-order valence-electron chi connectivity index (χ3n) is 0. The molecule has 0 rings (SSSR count). The van der Waals surface area contributed by atoms with E-state index >= 15 is 0 Å². The van der Waals surface area contributed by atoms with Crippen LogP contribution in [0.5, 0.6) is 0 Å². The van der Waals surface area contributed by atoms with Gasteiger partial charge in [-0.25, -0.2) is 11.2 Å². The van der Waals surface area contributed by atoms with Gasteiger partial charge in [0.1, 0.15) is 0 Å². The molecule has 1 N–H and O–H groups in total. The van der Waals surface area contributed by atoms with Crippen molar-refractivity contribution in [3.05, 3.63) is 0 Å². The van der Waals surface area contributed by atoms with E-state index in [1.165, 1.54) is 0 Å². The minimum absolute atomic E-state index is 0. The van der Waals surface area contributed by atoms with Crippen LogP contribution in [0.1, 0.15) is 1.43 Å². The van der Waals surface area contributed by atoms with E-state index < -0.39 is 9.64 Å². The van der Waals surface area contributed by atoms with Crippen LogP contribution in [0.4, 0.5) is 0 Å². The molecule has 0 saturated heterocycles. The second-order valence-electron chi connectivity index (χ2n) is 0.217. The van der Waals surface area contributed by atoms with Crippen molar-refractivity contribution in [3.8, 4) is 0 Å². The van der Waals surface area contributed by atoms with Crippen molar-refractivity contribution in [2.75, 3.05) is 0 Å². The summed E-state index contributed by atoms with van der Waals surface area (Å²) in [5.74, 6) is 0. The Hall–Kier alpha value is 2.07. The monoisotopic (exact) mass is 228 g/mol. The number of hydrogen-bond donors (Lipinski definition) is 1. The Bertz CT molecular complexity index is 64.1. The summed E-state index contributed by atoms with van der Waals surface area (Å²) in [6.45, 7) is 0. The number of rotatable bonds is 0. The summed E-state index contributed by atoms with van der Waals surface area (Å²) in [6.07, 6.45) is 0. The molecule has 0 spiro atoms. The maximum absolute atomic E-state index is 8.93. The molecule has 0 bridgehead atoms. The Morgan fingerprint density at radius 2 is 1.83 bits per heavy atom. The average Bonchev–Trinajstić information content (AvgIpc) is 0.811. The van der Waals surface area contributed by atoms with Crippen LogP contribution in [0, 0.1) is 0 Å². The van der Waals surface area contributed by atoms with E-state index in [1.54, 1.807) is 0 Å². The van der Waals surface area contributed by atoms with Gasteiger partial charge in [0.05, 0.1) is 0 Å². The Morgan fingerprint density at radius 3 is 1.83 bits per heavy atom. The zero-order valence-corrected chi connectivity index (χ0v) is 8.09. The standard InChI is InChI=1S/Ag.Na.HO2S2.H/c;;1-4(2)3;/h;;(H,1,2,3);/q2*+1;2*-1. The summed E-state index contributed by atoms with van der Waals surface area (Å²) in [7, 11) is -2.03. The van der Waals surface area contributed by atoms with Crippen molar-refractivity contribution in [1.82, 2.24) is 0 Å². The van der Waals surface area contributed by atoms with Gasteiger partial charge < -0.3 is 10.2 Å². The van der Waals surface area contributed by atoms with Gasteiger partial charge in [-0.1, -0.05) is 9.64 Å². The first-order valence-electron chi connectivity index (χ1n) is 0.516. The van der Waals surface area contributed by atoms with Crippen LogP contribution in [0.25, 0.3) is 0 Å². The summed E-state index contributed by atoms with van der Waals surface area (Å²) in [5.41, 5.74) is 0. The van der Waals surface area contributed by atoms with Crippen LogP contribution in [-0.2, 0) is 47.4 Å². The summed E-state index contributed by atoms with van der Waals surface area (Å²) in [4.78, 5) is 0. The minimum Gasteiger partial charge on any atom is -1.00 e. The van der Waals surface area contributed by atoms with E-state index in [4.69, 9.17) is 8.76 Å². The Kier molecular flexibility index (Phi) is 26.5. The van der Waals surface area contributed by atoms with Gasteiger partial charge in [-0.3, -0.25) is 0 Å². The Balaban J connectivity index is -0.0000000150. The molecule has 2 nitrogen and oxygen atoms in total. The largest absolute Gasteiger partial charge is 1.00 e. The fraction of sp³-hybridized carbons (Fsp3) is 0. The molecule has 0 aromatic rings. The van der Waals surface area contributed by atoms with Crippen molar-refractivity contribution < 1.29 is 62.1 Å². The van der Waals surface area contributed by atoms with E-state index in [2.05, 4.69) is 11.2 Å². The summed E-state index contributed by atoms with van der Waals surface area (Å²) < 4.78 is 16.3. The maximum atomic E-state index is 8.93. The molecule has 0 atom stereocenters. The van der Waals surface area contributed by atoms with Crippen LogP contribution in [0.2, 0.25) is 0 Å². The van der Waals surface area contributed by atoms with Gasteiger partial charge in [0, 0.05) is 0 Å². The van der Waals surface area contributed by atoms with Crippen LogP contribution in [-0.4, -0.2) is 4.55 Å². The molecule has 0 amide bonds. The predicted molar refractivity (Wildman–Crippen MR) is 19.2 cm³/mol. The molecule has 0 radical (unpaired) electrons. The van der Waals surface area contributed by atoms with Crippen molar-refractivity contribution >= 4 is 20.8 Å². The van der Waals surface area contributed by atoms with E-state index in [9.17, 15) is 0 Å². The van der Waals surface area contributed by atoms with Gasteiger partial charge in [0.15, 0.2) is 0 Å². The minimum atomic E-state index is -2.03. The fourth-order valence-corrected chi connectivity index (χ4v) is 0. The maximum Gasteiger partial charge on any atom is 1.00 e. The van der Waals surface area contributed by atoms with Crippen LogP contribution in [0.15, 0.2) is 0 Å². The molecule has 0 aliphatic heterocycles. The molecule has 6 heavy (non-hydrogen) atoms. The second-order valence-corrected chi connectivity index (χ2v) is 1.51. The molecular weight excluding hydrogens is 227 g/mol. The molecule has 0 aliphatic carbocycles. The summed E-state index contributed by atoms with van der Waals surface area (Å²) in [5, 5.41) is 0. The molecule has 0 saturated carbocycles. The summed E-state index contributed by atoms with van der Waals surface area (Å²) in [6, 6.07) is 0. The fourth-order valence-electron chi connectivity index (χ4n) is 0. The van der Waals surface area contributed by atoms with Crippen molar-refractivity contribution in [1.29, 1.82) is 0 Å². The van der Waals surface area contributed by atoms with Gasteiger partial charge in [0.2, 0.25) is 0 Å². The van der Waals surface area contributed by atoms with Crippen molar-refractivity contribution in [2.45, 2.75) is 0 Å². The predicted octanol–water partition coefficient (Wildman–Crippen LogP) is -3.00. The van der Waals surface area contributed by atoms with E-state index in [0.29, 0.717) is 0 Å². The molecule has 0 unspecified atom stereocenters. The van der Waals surface area contributed by atoms with Gasteiger partial charge >= 0.3 is 51.9 Å². The molecule has 0 heterocycles. The van der Waals surface area contributed by atoms with Gasteiger partial charge in [-0.15, -0.1) is 0 Å². The van der Waals surface area contributed by atoms with Gasteiger partial charge in [-0.2, -0.15) is 0 Å². The third kappa shape index (κ3) is 36.4. The molecule has 0 fully saturated rings. The topological polar surface area (TPSA) is 37.3 Å². The molecular formula is H2AgNaO2S2. The van der Waals surface area contributed by atoms with Crippen LogP contribution >= 0.6 is 0 Å². The number of hydrogen-bond acceptors (Lipinski definition) is 3. The van der Waals surface area contributed by atoms with Crippen LogP contribution < -0.4 is 29.6 Å².